The molecule has 0 saturated carbocycles. The zero-order valence-electron chi connectivity index (χ0n) is 39.7. The molecule has 82 heavy (non-hydrogen) atoms. The van der Waals surface area contributed by atoms with E-state index in [2.05, 4.69) is 56.2 Å². The number of nitrogens with zero attached hydrogens (tertiary/aromatic N) is 6. The van der Waals surface area contributed by atoms with Gasteiger partial charge in [-0.25, -0.2) is 56.9 Å². The molecule has 16 N–H and O–H groups in total. The zero-order valence-corrected chi connectivity index (χ0v) is 46.6. The summed E-state index contributed by atoms with van der Waals surface area (Å²) in [7, 11) is -34.2. The quantitative estimate of drug-likeness (QED) is 0.0279. The third kappa shape index (κ3) is 16.2. The number of phosphoric ester groups is 2. The number of imidazole rings is 2. The van der Waals surface area contributed by atoms with Crippen LogP contribution in [-0.4, -0.2) is 150 Å². The lowest BCUT2D eigenvalue weighted by Gasteiger charge is -2.22. The average Bonchev–Trinajstić information content (AvgIpc) is 3.16. The fourth-order valence-electron chi connectivity index (χ4n) is 7.26. The molecule has 448 valence electrons. The molecule has 48 heteroatoms. The van der Waals surface area contributed by atoms with E-state index in [9.17, 15) is 76.4 Å². The number of aromatic nitrogens is 8. The maximum atomic E-state index is 13.0. The third-order valence-electron chi connectivity index (χ3n) is 10.5. The van der Waals surface area contributed by atoms with Crippen LogP contribution in [0.1, 0.15) is 33.2 Å². The fourth-order valence-corrected chi connectivity index (χ4v) is 13.7. The van der Waals surface area contributed by atoms with Crippen molar-refractivity contribution in [2.24, 2.45) is 0 Å². The molecule has 2 aliphatic heterocycles. The van der Waals surface area contributed by atoms with Gasteiger partial charge in [0.1, 0.15) is 24.4 Å². The summed E-state index contributed by atoms with van der Waals surface area (Å²) in [5, 5.41) is 22.2. The van der Waals surface area contributed by atoms with E-state index >= 15 is 0 Å². The molecule has 0 aliphatic carbocycles. The Hall–Kier alpha value is -5.08. The van der Waals surface area contributed by atoms with E-state index in [0.29, 0.717) is 0 Å². The molecule has 8 rings (SSSR count). The summed E-state index contributed by atoms with van der Waals surface area (Å²) in [6.45, 7) is -2.18. The van der Waals surface area contributed by atoms with E-state index < -0.39 is 132 Å². The van der Waals surface area contributed by atoms with Crippen LogP contribution < -0.4 is 22.6 Å². The van der Waals surface area contributed by atoms with Crippen molar-refractivity contribution in [2.45, 2.75) is 49.1 Å². The Morgan fingerprint density at radius 2 is 0.976 bits per heavy atom. The van der Waals surface area contributed by atoms with Crippen molar-refractivity contribution in [2.75, 3.05) is 24.7 Å². The molecule has 0 amide bonds. The first kappa shape index (κ1) is 64.5. The number of aromatic amines is 2. The smallest absolute Gasteiger partial charge is 0.453 e. The fraction of sp³-hybridized carbons (Fsp3) is 0.294. The molecular weight excluding hydrogens is 1290 g/mol. The van der Waals surface area contributed by atoms with Crippen molar-refractivity contribution in [1.82, 2.24) is 39.0 Å². The number of ether oxygens (including phenoxy) is 4. The van der Waals surface area contributed by atoms with E-state index in [0.717, 1.165) is 34.4 Å². The minimum Gasteiger partial charge on any atom is -0.453 e. The van der Waals surface area contributed by atoms with Gasteiger partial charge in [0.15, 0.2) is 47.0 Å². The largest absolute Gasteiger partial charge is 0.490 e. The molecule has 0 spiro atoms. The van der Waals surface area contributed by atoms with E-state index in [1.807, 2.05) is 0 Å². The number of benzene rings is 2. The van der Waals surface area contributed by atoms with Gasteiger partial charge in [0.25, 0.3) is 11.1 Å². The number of aliphatic hydroxyl groups excluding tert-OH is 2. The van der Waals surface area contributed by atoms with Crippen molar-refractivity contribution in [1.29, 1.82) is 0 Å². The maximum Gasteiger partial charge on any atom is 0.490 e. The lowest BCUT2D eigenvalue weighted by Crippen LogP contribution is -2.38. The molecule has 2 aromatic carbocycles. The van der Waals surface area contributed by atoms with Crippen molar-refractivity contribution in [3.05, 3.63) is 104 Å². The molecule has 4 aromatic heterocycles. The Bertz CT molecular complexity index is 3840. The second kappa shape index (κ2) is 24.9. The first-order chi connectivity index (χ1) is 37.9. The highest BCUT2D eigenvalue weighted by molar-refractivity contribution is 7.67. The number of nitrogens with one attached hydrogen (secondary N) is 2. The molecule has 2 aliphatic rings. The number of halogens is 2. The number of H-pyrrole nitrogens is 2. The summed E-state index contributed by atoms with van der Waals surface area (Å²) in [5.74, 6) is -2.20. The third-order valence-corrected chi connectivity index (χ3v) is 18.6. The number of hydrogen-bond donors (Lipinski definition) is 14. The van der Waals surface area contributed by atoms with Gasteiger partial charge in [-0.2, -0.15) is 17.2 Å². The van der Waals surface area contributed by atoms with E-state index in [1.165, 1.54) is 36.4 Å². The Kier molecular flexibility index (Phi) is 19.6. The van der Waals surface area contributed by atoms with Crippen molar-refractivity contribution in [3.63, 3.8) is 0 Å². The predicted molar refractivity (Wildman–Crippen MR) is 266 cm³/mol. The molecule has 6 aromatic rings. The molecule has 4 unspecified atom stereocenters. The number of aliphatic hydroxyl groups is 2. The summed E-state index contributed by atoms with van der Waals surface area (Å²) >= 11 is 11.8. The summed E-state index contributed by atoms with van der Waals surface area (Å²) in [5.41, 5.74) is 9.37. The average molecular weight is 1320 g/mol. The predicted octanol–water partition coefficient (Wildman–Crippen LogP) is 0.365. The minimum atomic E-state index is -5.84. The van der Waals surface area contributed by atoms with Gasteiger partial charge in [-0.1, -0.05) is 23.2 Å². The Morgan fingerprint density at radius 1 is 0.573 bits per heavy atom. The number of rotatable bonds is 20. The number of nitrogens with two attached hydrogens (primary N) is 2. The molecule has 0 bridgehead atoms. The zero-order chi connectivity index (χ0) is 60.7. The highest BCUT2D eigenvalue weighted by Crippen LogP contribution is 2.67. The Balaban J connectivity index is 0.000000236. The highest BCUT2D eigenvalue weighted by atomic mass is 35.5. The van der Waals surface area contributed by atoms with Gasteiger partial charge < -0.3 is 89.7 Å². The number of carbonyl (C=O) groups is 2. The number of esters is 2. The summed E-state index contributed by atoms with van der Waals surface area (Å²) in [4.78, 5) is 143. The van der Waals surface area contributed by atoms with Gasteiger partial charge in [0.05, 0.1) is 49.6 Å². The van der Waals surface area contributed by atoms with Crippen molar-refractivity contribution >= 4 is 116 Å². The normalized spacial score (nSPS) is 24.1. The standard InChI is InChI=1S/2C17H19ClN5O15P3/c18-7-1-2-9(19)8(3-7)17(26)36-13-10(4-34-40(30,31)38-41(32,33)37-39(27,28)29)35-16(12(13)24)23-6-22-11-14(23)20-5-21-15(11)25;18-7-1-2-9(19)8(3-7)17(26)36-13-12(24)10(4-34-40(30,31)38-41(32,33)37-39(27,28)29)35-16(13)23-6-22-11-14(23)20-5-21-15(11)25/h2*1-3,5-6,10,12-13,16,24H,4,19H2,(H,30,31)(H,32,33)(H,20,21,25)(H2,27,28,29)/t2*10-,12-,13-,16-/m11/s1. The first-order valence-electron chi connectivity index (χ1n) is 21.5. The van der Waals surface area contributed by atoms with Gasteiger partial charge in [-0.05, 0) is 36.4 Å². The van der Waals surface area contributed by atoms with Crippen LogP contribution in [0.25, 0.3) is 22.3 Å². The van der Waals surface area contributed by atoms with Crippen LogP contribution in [0.15, 0.2) is 71.3 Å². The molecule has 6 heterocycles. The van der Waals surface area contributed by atoms with Crippen LogP contribution in [0.3, 0.4) is 0 Å². The topological polar surface area (TPSA) is 610 Å². The van der Waals surface area contributed by atoms with Gasteiger partial charge >= 0.3 is 58.9 Å². The van der Waals surface area contributed by atoms with Crippen molar-refractivity contribution in [3.8, 4) is 0 Å². The van der Waals surface area contributed by atoms with E-state index in [-0.39, 0.29) is 54.9 Å². The van der Waals surface area contributed by atoms with Crippen LogP contribution in [0, 0.1) is 0 Å². The van der Waals surface area contributed by atoms with Crippen LogP contribution in [0.4, 0.5) is 11.4 Å². The second-order valence-electron chi connectivity index (χ2n) is 16.2. The second-order valence-corrected chi connectivity index (χ2v) is 25.9. The van der Waals surface area contributed by atoms with Crippen LogP contribution in [-0.2, 0) is 72.6 Å². The van der Waals surface area contributed by atoms with Gasteiger partial charge in [0, 0.05) is 21.4 Å². The number of phosphoric acid groups is 6. The molecule has 12 atom stereocenters. The Morgan fingerprint density at radius 3 is 1.41 bits per heavy atom. The highest BCUT2D eigenvalue weighted by Gasteiger charge is 2.52. The number of nitrogen functional groups attached to an aromatic ring is 2. The number of hydrogen-bond acceptors (Lipinski definition) is 28. The van der Waals surface area contributed by atoms with Gasteiger partial charge in [-0.3, -0.25) is 27.8 Å². The Labute approximate surface area is 462 Å². The SMILES string of the molecule is Nc1ccc(Cl)cc1C(=O)O[C@@H]1[C@H](O)[C@@H](COP(=O)(O)OP(=O)(O)OP(=O)(O)O)O[C@H]1n1cnc2c(=O)[nH]cnc21.Nc1ccc(Cl)cc1C(=O)O[C@H]1[C@@H](O)[C@H](n2cnc3c(=O)[nH]cnc32)O[C@@H]1COP(=O)(O)OP(=O)(O)OP(=O)(O)O. The minimum absolute atomic E-state index is 0.0326. The van der Waals surface area contributed by atoms with Crippen molar-refractivity contribution < 1.29 is 132 Å². The monoisotopic (exact) mass is 1320 g/mol. The molecule has 40 nitrogen and oxygen atoms in total. The number of anilines is 2. The van der Waals surface area contributed by atoms with E-state index in [1.54, 1.807) is 0 Å². The molecular formula is C34H38Cl2N10O30P6. The lowest BCUT2D eigenvalue weighted by atomic mass is 10.1. The first-order valence-corrected chi connectivity index (χ1v) is 31.3. The lowest BCUT2D eigenvalue weighted by molar-refractivity contribution is -0.0558. The molecule has 2 saturated heterocycles. The summed E-state index contributed by atoms with van der Waals surface area (Å²) in [6, 6.07) is 7.78. The maximum absolute atomic E-state index is 13.0. The molecule has 2 fully saturated rings. The van der Waals surface area contributed by atoms with Gasteiger partial charge in [-0.15, -0.1) is 0 Å². The summed E-state index contributed by atoms with van der Waals surface area (Å²) in [6.07, 6.45) is -9.05. The number of carbonyl (C=O) groups excluding carboxylic acids is 2. The number of fused-ring (bicyclic) bond motifs is 2. The van der Waals surface area contributed by atoms with Gasteiger partial charge in [0.2, 0.25) is 0 Å². The molecule has 0 radical (unpaired) electrons. The van der Waals surface area contributed by atoms with E-state index in [4.69, 9.17) is 73.2 Å². The van der Waals surface area contributed by atoms with Crippen LogP contribution in [0.5, 0.6) is 0 Å². The van der Waals surface area contributed by atoms with Crippen LogP contribution in [0.2, 0.25) is 10.0 Å². The van der Waals surface area contributed by atoms with Crippen LogP contribution >= 0.6 is 70.1 Å². The summed E-state index contributed by atoms with van der Waals surface area (Å²) < 4.78 is 117.